The number of alkyl halides is 1. The van der Waals surface area contributed by atoms with E-state index in [-0.39, 0.29) is 17.9 Å². The van der Waals surface area contributed by atoms with Gasteiger partial charge in [0.05, 0.1) is 96.9 Å². The number of carbonyl (C=O) groups excluding carboxylic acids is 1. The minimum atomic E-state index is -0.466. The molecule has 0 saturated carbocycles. The van der Waals surface area contributed by atoms with Gasteiger partial charge in [-0.3, -0.25) is 9.59 Å². The maximum Gasteiger partial charge on any atom is 0.278 e. The lowest BCUT2D eigenvalue weighted by Gasteiger charge is -2.08. The molecule has 1 heterocycles. The molecule has 1 N–H and O–H groups in total. The second-order valence-corrected chi connectivity index (χ2v) is 9.01. The molecule has 0 fully saturated rings. The van der Waals surface area contributed by atoms with Gasteiger partial charge in [-0.05, 0) is 18.6 Å². The van der Waals surface area contributed by atoms with Gasteiger partial charge in [-0.1, -0.05) is 34.7 Å². The molecule has 38 heavy (non-hydrogen) atoms. The molecule has 0 aliphatic carbocycles. The Morgan fingerprint density at radius 3 is 1.63 bits per heavy atom. The highest BCUT2D eigenvalue weighted by molar-refractivity contribution is 14.1. The van der Waals surface area contributed by atoms with Crippen LogP contribution < -0.4 is 5.56 Å². The van der Waals surface area contributed by atoms with E-state index in [4.69, 9.17) is 33.2 Å². The molecule has 2 aromatic rings. The number of ketones is 1. The number of aromatic nitrogens is 2. The standard InChI is InChI=1S/C26H39IN2O9/c27-7-9-33-11-13-35-15-17-37-19-21-38-20-18-36-16-14-34-12-10-32-8-3-6-24(30)25-26(31)29-23-5-2-1-4-22(23)28-25/h1-2,4-5H,3,6-21H2,(H,29,31). The lowest BCUT2D eigenvalue weighted by Crippen LogP contribution is -2.20. The Bertz CT molecular complexity index is 944. The topological polar surface area (TPSA) is 127 Å². The summed E-state index contributed by atoms with van der Waals surface area (Å²) in [6.07, 6.45) is 0.698. The number of hydrogen-bond donors (Lipinski definition) is 1. The molecule has 12 heteroatoms. The average Bonchev–Trinajstić information content (AvgIpc) is 2.93. The maximum absolute atomic E-state index is 12.3. The minimum Gasteiger partial charge on any atom is -0.379 e. The predicted octanol–water partition coefficient (Wildman–Crippen LogP) is 2.44. The van der Waals surface area contributed by atoms with Gasteiger partial charge >= 0.3 is 0 Å². The molecular formula is C26H39IN2O9. The number of aromatic amines is 1. The number of hydrogen-bond acceptors (Lipinski definition) is 10. The molecule has 1 aromatic heterocycles. The molecular weight excluding hydrogens is 611 g/mol. The van der Waals surface area contributed by atoms with E-state index in [0.29, 0.717) is 103 Å². The SMILES string of the molecule is O=C(CCCOCCOCCOCCOCCOCCOCCOCCI)c1nc2ccccc2[nH]c1=O. The van der Waals surface area contributed by atoms with E-state index >= 15 is 0 Å². The van der Waals surface area contributed by atoms with Gasteiger partial charge in [-0.2, -0.15) is 0 Å². The fourth-order valence-electron chi connectivity index (χ4n) is 3.15. The normalized spacial score (nSPS) is 11.4. The second kappa shape index (κ2) is 22.3. The summed E-state index contributed by atoms with van der Waals surface area (Å²) in [6, 6.07) is 7.12. The zero-order valence-corrected chi connectivity index (χ0v) is 24.0. The first-order valence-corrected chi connectivity index (χ1v) is 14.4. The van der Waals surface area contributed by atoms with Crippen LogP contribution in [0.1, 0.15) is 23.3 Å². The van der Waals surface area contributed by atoms with Gasteiger partial charge in [0, 0.05) is 17.5 Å². The maximum atomic E-state index is 12.3. The van der Waals surface area contributed by atoms with Crippen molar-refractivity contribution in [3.8, 4) is 0 Å². The summed E-state index contributed by atoms with van der Waals surface area (Å²) in [4.78, 5) is 31.3. The number of nitrogens with one attached hydrogen (secondary N) is 1. The highest BCUT2D eigenvalue weighted by atomic mass is 127. The largest absolute Gasteiger partial charge is 0.379 e. The monoisotopic (exact) mass is 650 g/mol. The van der Waals surface area contributed by atoms with E-state index in [2.05, 4.69) is 32.6 Å². The number of halogens is 1. The van der Waals surface area contributed by atoms with E-state index in [1.54, 1.807) is 18.2 Å². The Labute approximate surface area is 237 Å². The van der Waals surface area contributed by atoms with Crippen molar-refractivity contribution >= 4 is 39.4 Å². The number of para-hydroxylation sites is 2. The van der Waals surface area contributed by atoms with Gasteiger partial charge in [-0.15, -0.1) is 0 Å². The third kappa shape index (κ3) is 15.2. The summed E-state index contributed by atoms with van der Waals surface area (Å²) in [7, 11) is 0. The second-order valence-electron chi connectivity index (χ2n) is 7.93. The summed E-state index contributed by atoms with van der Waals surface area (Å²) >= 11 is 2.27. The fraction of sp³-hybridized carbons (Fsp3) is 0.654. The van der Waals surface area contributed by atoms with Gasteiger partial charge in [0.1, 0.15) is 0 Å². The summed E-state index contributed by atoms with van der Waals surface area (Å²) in [5.41, 5.74) is 0.674. The first kappa shape index (κ1) is 32.7. The number of ether oxygens (including phenoxy) is 7. The number of Topliss-reactive ketones (excluding diaryl/α,β-unsaturated/α-hetero) is 1. The van der Waals surface area contributed by atoms with Crippen LogP contribution in [0.3, 0.4) is 0 Å². The van der Waals surface area contributed by atoms with Crippen molar-refractivity contribution in [2.24, 2.45) is 0 Å². The van der Waals surface area contributed by atoms with E-state index < -0.39 is 5.56 Å². The zero-order valence-electron chi connectivity index (χ0n) is 21.8. The van der Waals surface area contributed by atoms with Crippen LogP contribution in [0.15, 0.2) is 29.1 Å². The van der Waals surface area contributed by atoms with E-state index in [1.807, 2.05) is 6.07 Å². The van der Waals surface area contributed by atoms with Gasteiger partial charge in [0.2, 0.25) is 0 Å². The van der Waals surface area contributed by atoms with Crippen molar-refractivity contribution in [2.75, 3.05) is 96.9 Å². The Morgan fingerprint density at radius 2 is 1.13 bits per heavy atom. The average molecular weight is 651 g/mol. The van der Waals surface area contributed by atoms with Crippen LogP contribution in [0.2, 0.25) is 0 Å². The van der Waals surface area contributed by atoms with Crippen LogP contribution in [-0.4, -0.2) is 113 Å². The highest BCUT2D eigenvalue weighted by Gasteiger charge is 2.13. The molecule has 0 radical (unpaired) electrons. The highest BCUT2D eigenvalue weighted by Crippen LogP contribution is 2.07. The first-order chi connectivity index (χ1) is 18.7. The van der Waals surface area contributed by atoms with Gasteiger partial charge in [0.25, 0.3) is 5.56 Å². The predicted molar refractivity (Wildman–Crippen MR) is 151 cm³/mol. The molecule has 214 valence electrons. The number of rotatable bonds is 25. The Kier molecular flexibility index (Phi) is 19.2. The Balaban J connectivity index is 1.31. The minimum absolute atomic E-state index is 0.0595. The molecule has 0 bridgehead atoms. The van der Waals surface area contributed by atoms with Crippen molar-refractivity contribution in [3.63, 3.8) is 0 Å². The van der Waals surface area contributed by atoms with Crippen molar-refractivity contribution < 1.29 is 38.0 Å². The molecule has 0 aliphatic heterocycles. The summed E-state index contributed by atoms with van der Waals surface area (Å²) < 4.78 is 38.9. The summed E-state index contributed by atoms with van der Waals surface area (Å²) in [5.74, 6) is -0.292. The third-order valence-electron chi connectivity index (χ3n) is 5.01. The fourth-order valence-corrected chi connectivity index (χ4v) is 3.46. The van der Waals surface area contributed by atoms with E-state index in [0.717, 1.165) is 11.0 Å². The van der Waals surface area contributed by atoms with E-state index in [1.165, 1.54) is 0 Å². The van der Waals surface area contributed by atoms with Gasteiger partial charge in [-0.25, -0.2) is 4.98 Å². The molecule has 2 rings (SSSR count). The number of carbonyl (C=O) groups is 1. The molecule has 0 amide bonds. The Hall–Kier alpha value is -1.52. The van der Waals surface area contributed by atoms with Crippen LogP contribution in [0.25, 0.3) is 11.0 Å². The van der Waals surface area contributed by atoms with Crippen molar-refractivity contribution in [1.29, 1.82) is 0 Å². The van der Waals surface area contributed by atoms with Crippen LogP contribution in [0.5, 0.6) is 0 Å². The van der Waals surface area contributed by atoms with Crippen molar-refractivity contribution in [2.45, 2.75) is 12.8 Å². The van der Waals surface area contributed by atoms with Gasteiger partial charge < -0.3 is 38.1 Å². The lowest BCUT2D eigenvalue weighted by atomic mass is 10.1. The quantitative estimate of drug-likeness (QED) is 0.0741. The van der Waals surface area contributed by atoms with Crippen LogP contribution in [0, 0.1) is 0 Å². The van der Waals surface area contributed by atoms with E-state index in [9.17, 15) is 9.59 Å². The van der Waals surface area contributed by atoms with Crippen LogP contribution in [-0.2, 0) is 33.2 Å². The zero-order chi connectivity index (χ0) is 27.1. The van der Waals surface area contributed by atoms with Gasteiger partial charge in [0.15, 0.2) is 11.5 Å². The third-order valence-corrected chi connectivity index (χ3v) is 5.45. The number of nitrogens with zero attached hydrogens (tertiary/aromatic N) is 1. The molecule has 1 aromatic carbocycles. The van der Waals surface area contributed by atoms with Crippen LogP contribution >= 0.6 is 22.6 Å². The molecule has 0 spiro atoms. The van der Waals surface area contributed by atoms with Crippen molar-refractivity contribution in [1.82, 2.24) is 9.97 Å². The number of benzene rings is 1. The van der Waals surface area contributed by atoms with Crippen molar-refractivity contribution in [3.05, 3.63) is 40.3 Å². The molecule has 0 unspecified atom stereocenters. The first-order valence-electron chi connectivity index (χ1n) is 12.8. The summed E-state index contributed by atoms with van der Waals surface area (Å²) in [6.45, 7) is 7.25. The van der Waals surface area contributed by atoms with Crippen LogP contribution in [0.4, 0.5) is 0 Å². The Morgan fingerprint density at radius 1 is 0.684 bits per heavy atom. The molecule has 0 saturated heterocycles. The molecule has 11 nitrogen and oxygen atoms in total. The molecule has 0 aliphatic rings. The lowest BCUT2D eigenvalue weighted by molar-refractivity contribution is -0.0200. The smallest absolute Gasteiger partial charge is 0.278 e. The summed E-state index contributed by atoms with van der Waals surface area (Å²) in [5, 5.41) is 0. The molecule has 0 atom stereocenters. The number of fused-ring (bicyclic) bond motifs is 1. The number of H-pyrrole nitrogens is 1.